The van der Waals surface area contributed by atoms with E-state index in [0.717, 1.165) is 12.8 Å². The number of rotatable bonds is 6. The van der Waals surface area contributed by atoms with Crippen molar-refractivity contribution >= 4 is 35.1 Å². The molecular weight excluding hydrogens is 368 g/mol. The minimum absolute atomic E-state index is 0.0852. The van der Waals surface area contributed by atoms with Crippen LogP contribution in [0.3, 0.4) is 0 Å². The molecule has 2 N–H and O–H groups in total. The average Bonchev–Trinajstić information content (AvgIpc) is 3.02. The Morgan fingerprint density at radius 3 is 2.22 bits per heavy atom. The maximum absolute atomic E-state index is 12.7. The second-order valence-electron chi connectivity index (χ2n) is 8.09. The molecule has 27 heavy (non-hydrogen) atoms. The maximum Gasteiger partial charge on any atom is 0.313 e. The van der Waals surface area contributed by atoms with Gasteiger partial charge in [0.25, 0.3) is 5.91 Å². The van der Waals surface area contributed by atoms with Crippen LogP contribution < -0.4 is 10.6 Å². The van der Waals surface area contributed by atoms with Crippen LogP contribution in [0.15, 0.2) is 24.3 Å². The van der Waals surface area contributed by atoms with Crippen LogP contribution in [0, 0.1) is 5.41 Å². The molecule has 0 atom stereocenters. The van der Waals surface area contributed by atoms with Crippen molar-refractivity contribution in [1.29, 1.82) is 0 Å². The third-order valence-electron chi connectivity index (χ3n) is 4.47. The Hall–Kier alpha value is -2.08. The fourth-order valence-corrected chi connectivity index (χ4v) is 3.42. The second kappa shape index (κ2) is 8.74. The molecule has 0 aliphatic heterocycles. The van der Waals surface area contributed by atoms with Crippen LogP contribution in [0.4, 0.5) is 5.69 Å². The maximum atomic E-state index is 12.7. The third-order valence-corrected chi connectivity index (χ3v) is 4.72. The molecule has 2 rings (SSSR count). The van der Waals surface area contributed by atoms with Crippen molar-refractivity contribution in [2.75, 3.05) is 11.9 Å². The van der Waals surface area contributed by atoms with Crippen molar-refractivity contribution in [1.82, 2.24) is 5.32 Å². The Labute approximate surface area is 165 Å². The molecule has 0 spiro atoms. The smallest absolute Gasteiger partial charge is 0.313 e. The third kappa shape index (κ3) is 6.54. The largest absolute Gasteiger partial charge is 0.455 e. The van der Waals surface area contributed by atoms with E-state index in [1.807, 2.05) is 20.8 Å². The summed E-state index contributed by atoms with van der Waals surface area (Å²) >= 11 is 5.81. The molecule has 1 fully saturated rings. The van der Waals surface area contributed by atoms with E-state index in [9.17, 15) is 14.4 Å². The van der Waals surface area contributed by atoms with Gasteiger partial charge in [0.2, 0.25) is 5.91 Å². The minimum atomic E-state index is -0.837. The highest BCUT2D eigenvalue weighted by Crippen LogP contribution is 2.42. The van der Waals surface area contributed by atoms with Gasteiger partial charge >= 0.3 is 5.97 Å². The van der Waals surface area contributed by atoms with Crippen LogP contribution in [0.5, 0.6) is 0 Å². The highest BCUT2D eigenvalue weighted by molar-refractivity contribution is 6.30. The molecule has 1 aromatic rings. The number of hydrogen-bond donors (Lipinski definition) is 2. The van der Waals surface area contributed by atoms with Crippen molar-refractivity contribution in [2.45, 2.75) is 58.4 Å². The molecule has 148 valence electrons. The molecule has 0 bridgehead atoms. The monoisotopic (exact) mass is 394 g/mol. The Kier molecular flexibility index (Phi) is 6.87. The first-order chi connectivity index (χ1) is 12.6. The van der Waals surface area contributed by atoms with Gasteiger partial charge in [0.05, 0.1) is 5.41 Å². The molecule has 0 heterocycles. The lowest BCUT2D eigenvalue weighted by Gasteiger charge is -2.28. The molecule has 1 aromatic carbocycles. The molecule has 0 aromatic heterocycles. The van der Waals surface area contributed by atoms with E-state index >= 15 is 0 Å². The Bertz CT molecular complexity index is 689. The Balaban J connectivity index is 1.91. The van der Waals surface area contributed by atoms with Gasteiger partial charge in [0.1, 0.15) is 0 Å². The standard InChI is InChI=1S/C20H27ClN2O4/c1-19(2,3)23-16(24)12-20(10-4-5-11-20)18(26)27-13-17(25)22-15-8-6-14(21)7-9-15/h6-9H,4-5,10-13H2,1-3H3,(H,22,25)(H,23,24). The van der Waals surface area contributed by atoms with Crippen LogP contribution in [0.25, 0.3) is 0 Å². The number of esters is 1. The number of benzene rings is 1. The summed E-state index contributed by atoms with van der Waals surface area (Å²) in [6.07, 6.45) is 3.02. The topological polar surface area (TPSA) is 84.5 Å². The van der Waals surface area contributed by atoms with E-state index in [1.165, 1.54) is 0 Å². The van der Waals surface area contributed by atoms with Gasteiger partial charge < -0.3 is 15.4 Å². The summed E-state index contributed by atoms with van der Waals surface area (Å²) in [6.45, 7) is 5.30. The highest BCUT2D eigenvalue weighted by atomic mass is 35.5. The summed E-state index contributed by atoms with van der Waals surface area (Å²) in [5.41, 5.74) is -0.629. The molecule has 2 amide bonds. The number of halogens is 1. The Morgan fingerprint density at radius 2 is 1.67 bits per heavy atom. The number of ether oxygens (including phenoxy) is 1. The first kappa shape index (κ1) is 21.2. The van der Waals surface area contributed by atoms with Crippen molar-refractivity contribution < 1.29 is 19.1 Å². The molecule has 0 saturated heterocycles. The van der Waals surface area contributed by atoms with Crippen LogP contribution in [0.1, 0.15) is 52.9 Å². The fourth-order valence-electron chi connectivity index (χ4n) is 3.29. The predicted octanol–water partition coefficient (Wildman–Crippen LogP) is 3.69. The summed E-state index contributed by atoms with van der Waals surface area (Å²) < 4.78 is 5.26. The summed E-state index contributed by atoms with van der Waals surface area (Å²) in [4.78, 5) is 37.0. The number of anilines is 1. The van der Waals surface area contributed by atoms with Gasteiger partial charge in [-0.2, -0.15) is 0 Å². The molecule has 1 aliphatic rings. The summed E-state index contributed by atoms with van der Waals surface area (Å²) in [7, 11) is 0. The van der Waals surface area contributed by atoms with Gasteiger partial charge in [-0.05, 0) is 57.9 Å². The lowest BCUT2D eigenvalue weighted by atomic mass is 9.82. The molecule has 7 heteroatoms. The number of carbonyl (C=O) groups is 3. The Morgan fingerprint density at radius 1 is 1.07 bits per heavy atom. The number of hydrogen-bond acceptors (Lipinski definition) is 4. The van der Waals surface area contributed by atoms with Crippen molar-refractivity contribution in [3.63, 3.8) is 0 Å². The van der Waals surface area contributed by atoms with Crippen LogP contribution in [-0.4, -0.2) is 29.9 Å². The van der Waals surface area contributed by atoms with Crippen LogP contribution in [-0.2, 0) is 19.1 Å². The fraction of sp³-hybridized carbons (Fsp3) is 0.550. The molecular formula is C20H27ClN2O4. The summed E-state index contributed by atoms with van der Waals surface area (Å²) in [6, 6.07) is 6.64. The second-order valence-corrected chi connectivity index (χ2v) is 8.53. The quantitative estimate of drug-likeness (QED) is 0.720. The minimum Gasteiger partial charge on any atom is -0.455 e. The van der Waals surface area contributed by atoms with Crippen molar-refractivity contribution in [2.24, 2.45) is 5.41 Å². The molecule has 1 aliphatic carbocycles. The van der Waals surface area contributed by atoms with E-state index in [-0.39, 0.29) is 24.5 Å². The van der Waals surface area contributed by atoms with E-state index in [0.29, 0.717) is 23.6 Å². The van der Waals surface area contributed by atoms with E-state index in [1.54, 1.807) is 24.3 Å². The van der Waals surface area contributed by atoms with Gasteiger partial charge in [0, 0.05) is 22.7 Å². The molecule has 6 nitrogen and oxygen atoms in total. The van der Waals surface area contributed by atoms with Gasteiger partial charge in [-0.25, -0.2) is 0 Å². The normalized spacial score (nSPS) is 15.9. The van der Waals surface area contributed by atoms with Gasteiger partial charge in [0.15, 0.2) is 6.61 Å². The van der Waals surface area contributed by atoms with Crippen molar-refractivity contribution in [3.05, 3.63) is 29.3 Å². The highest BCUT2D eigenvalue weighted by Gasteiger charge is 2.44. The summed E-state index contributed by atoms with van der Waals surface area (Å²) in [5, 5.41) is 6.10. The lowest BCUT2D eigenvalue weighted by molar-refractivity contribution is -0.160. The zero-order valence-electron chi connectivity index (χ0n) is 16.1. The molecule has 1 saturated carbocycles. The lowest BCUT2D eigenvalue weighted by Crippen LogP contribution is -2.44. The zero-order valence-corrected chi connectivity index (χ0v) is 16.8. The average molecular weight is 395 g/mol. The zero-order chi connectivity index (χ0) is 20.1. The van der Waals surface area contributed by atoms with E-state index < -0.39 is 17.3 Å². The van der Waals surface area contributed by atoms with Gasteiger partial charge in [-0.3, -0.25) is 14.4 Å². The van der Waals surface area contributed by atoms with Gasteiger partial charge in [-0.1, -0.05) is 24.4 Å². The molecule has 0 radical (unpaired) electrons. The SMILES string of the molecule is CC(C)(C)NC(=O)CC1(C(=O)OCC(=O)Nc2ccc(Cl)cc2)CCCC1. The van der Waals surface area contributed by atoms with E-state index in [4.69, 9.17) is 16.3 Å². The molecule has 0 unspecified atom stereocenters. The first-order valence-electron chi connectivity index (χ1n) is 9.13. The number of carbonyl (C=O) groups excluding carboxylic acids is 3. The predicted molar refractivity (Wildman–Crippen MR) is 104 cm³/mol. The summed E-state index contributed by atoms with van der Waals surface area (Å²) in [5.74, 6) is -1.08. The van der Waals surface area contributed by atoms with Crippen LogP contribution in [0.2, 0.25) is 5.02 Å². The first-order valence-corrected chi connectivity index (χ1v) is 9.51. The van der Waals surface area contributed by atoms with Gasteiger partial charge in [-0.15, -0.1) is 0 Å². The number of amides is 2. The van der Waals surface area contributed by atoms with Crippen molar-refractivity contribution in [3.8, 4) is 0 Å². The van der Waals surface area contributed by atoms with Crippen LogP contribution >= 0.6 is 11.6 Å². The van der Waals surface area contributed by atoms with E-state index in [2.05, 4.69) is 10.6 Å². The number of nitrogens with one attached hydrogen (secondary N) is 2.